The summed E-state index contributed by atoms with van der Waals surface area (Å²) in [4.78, 5) is 12.6. The molecular weight excluding hydrogens is 458 g/mol. The molecule has 1 N–H and O–H groups in total. The number of benzene rings is 3. The molecule has 0 aliphatic rings. The highest BCUT2D eigenvalue weighted by Gasteiger charge is 2.11. The van der Waals surface area contributed by atoms with Crippen LogP contribution in [0.25, 0.3) is 28.3 Å². The lowest BCUT2D eigenvalue weighted by Crippen LogP contribution is -2.17. The zero-order valence-electron chi connectivity index (χ0n) is 19.0. The first-order valence-electron chi connectivity index (χ1n) is 11.1. The zero-order valence-corrected chi connectivity index (χ0v) is 19.7. The maximum atomic E-state index is 12.6. The van der Waals surface area contributed by atoms with E-state index in [0.29, 0.717) is 22.1 Å². The number of carbonyl (C=O) groups is 1. The molecule has 1 amide bonds. The Bertz CT molecular complexity index is 1480. The fourth-order valence-electron chi connectivity index (χ4n) is 3.89. The lowest BCUT2D eigenvalue weighted by Gasteiger charge is -2.12. The molecule has 3 aromatic carbocycles. The largest absolute Gasteiger partial charge is 0.455 e. The van der Waals surface area contributed by atoms with Crippen molar-refractivity contribution in [3.8, 4) is 28.3 Å². The maximum absolute atomic E-state index is 12.6. The van der Waals surface area contributed by atoms with Crippen LogP contribution >= 0.6 is 11.6 Å². The molecule has 5 rings (SSSR count). The van der Waals surface area contributed by atoms with Crippen LogP contribution in [0.3, 0.4) is 0 Å². The number of hydrogen-bond donors (Lipinski definition) is 1. The van der Waals surface area contributed by atoms with Gasteiger partial charge in [-0.3, -0.25) is 4.79 Å². The Morgan fingerprint density at radius 1 is 0.857 bits per heavy atom. The summed E-state index contributed by atoms with van der Waals surface area (Å²) >= 11 is 5.93. The fourth-order valence-corrected chi connectivity index (χ4v) is 4.01. The first kappa shape index (κ1) is 22.4. The molecule has 5 aromatic rings. The number of carbonyl (C=O) groups excluding carboxylic acids is 1. The molecule has 0 fully saturated rings. The summed E-state index contributed by atoms with van der Waals surface area (Å²) in [6, 6.07) is 32.9. The number of nitrogens with one attached hydrogen (secondary N) is 1. The van der Waals surface area contributed by atoms with Crippen LogP contribution in [0.1, 0.15) is 21.8 Å². The molecule has 172 valence electrons. The van der Waals surface area contributed by atoms with Crippen LogP contribution < -0.4 is 5.43 Å². The summed E-state index contributed by atoms with van der Waals surface area (Å²) in [5.41, 5.74) is 8.30. The van der Waals surface area contributed by atoms with E-state index < -0.39 is 0 Å². The molecule has 2 aromatic heterocycles. The van der Waals surface area contributed by atoms with E-state index in [1.54, 1.807) is 30.3 Å². The van der Waals surface area contributed by atoms with Gasteiger partial charge < -0.3 is 8.98 Å². The van der Waals surface area contributed by atoms with Gasteiger partial charge in [-0.1, -0.05) is 41.9 Å². The van der Waals surface area contributed by atoms with Gasteiger partial charge in [-0.25, -0.2) is 5.43 Å². The Kier molecular flexibility index (Phi) is 6.33. The first-order chi connectivity index (χ1) is 17.1. The Morgan fingerprint density at radius 3 is 2.34 bits per heavy atom. The van der Waals surface area contributed by atoms with Gasteiger partial charge in [0.15, 0.2) is 0 Å². The summed E-state index contributed by atoms with van der Waals surface area (Å²) in [5.74, 6) is 0.923. The van der Waals surface area contributed by atoms with E-state index in [0.717, 1.165) is 28.2 Å². The van der Waals surface area contributed by atoms with Crippen molar-refractivity contribution in [2.75, 3.05) is 0 Å². The highest BCUT2D eigenvalue weighted by atomic mass is 35.5. The molecule has 0 radical (unpaired) electrons. The van der Waals surface area contributed by atoms with Crippen LogP contribution in [0.2, 0.25) is 5.02 Å². The lowest BCUT2D eigenvalue weighted by atomic mass is 10.1. The molecule has 5 nitrogen and oxygen atoms in total. The van der Waals surface area contributed by atoms with Gasteiger partial charge in [0.25, 0.3) is 5.91 Å². The van der Waals surface area contributed by atoms with E-state index in [1.165, 1.54) is 6.21 Å². The molecule has 6 heteroatoms. The second-order valence-electron chi connectivity index (χ2n) is 8.02. The molecule has 0 aliphatic carbocycles. The van der Waals surface area contributed by atoms with Gasteiger partial charge in [0, 0.05) is 27.5 Å². The topological polar surface area (TPSA) is 59.5 Å². The number of hydrogen-bond acceptors (Lipinski definition) is 3. The number of halogens is 1. The van der Waals surface area contributed by atoms with Crippen molar-refractivity contribution in [3.05, 3.63) is 125 Å². The van der Waals surface area contributed by atoms with Crippen molar-refractivity contribution in [3.63, 3.8) is 0 Å². The Labute approximate surface area is 208 Å². The van der Waals surface area contributed by atoms with Crippen molar-refractivity contribution >= 4 is 23.7 Å². The number of aromatic nitrogens is 1. The van der Waals surface area contributed by atoms with Gasteiger partial charge in [0.1, 0.15) is 11.5 Å². The number of nitrogens with zero attached hydrogens (tertiary/aromatic N) is 2. The Morgan fingerprint density at radius 2 is 1.60 bits per heavy atom. The highest BCUT2D eigenvalue weighted by Crippen LogP contribution is 2.26. The summed E-state index contributed by atoms with van der Waals surface area (Å²) in [7, 11) is 0. The van der Waals surface area contributed by atoms with Gasteiger partial charge in [0.2, 0.25) is 0 Å². The van der Waals surface area contributed by atoms with Gasteiger partial charge >= 0.3 is 0 Å². The summed E-state index contributed by atoms with van der Waals surface area (Å²) in [5, 5.41) is 4.70. The first-order valence-corrected chi connectivity index (χ1v) is 11.5. The third-order valence-electron chi connectivity index (χ3n) is 5.65. The van der Waals surface area contributed by atoms with Gasteiger partial charge in [-0.2, -0.15) is 5.10 Å². The van der Waals surface area contributed by atoms with Crippen LogP contribution in [-0.4, -0.2) is 16.7 Å². The lowest BCUT2D eigenvalue weighted by molar-refractivity contribution is 0.0955. The number of amides is 1. The van der Waals surface area contributed by atoms with Gasteiger partial charge in [0.05, 0.1) is 11.9 Å². The third kappa shape index (κ3) is 4.95. The van der Waals surface area contributed by atoms with E-state index in [9.17, 15) is 4.79 Å². The van der Waals surface area contributed by atoms with Crippen molar-refractivity contribution < 1.29 is 9.21 Å². The Hall–Kier alpha value is -4.35. The number of hydrazone groups is 1. The predicted octanol–water partition coefficient (Wildman–Crippen LogP) is 7.13. The SMILES string of the molecule is Cc1ccc(-c2ccccc2)n1-c1ccc(C(=O)N/N=C/c2ccc(-c3ccc(Cl)cc3)o2)cc1. The number of furan rings is 1. The minimum atomic E-state index is -0.301. The predicted molar refractivity (Wildman–Crippen MR) is 140 cm³/mol. The molecule has 0 spiro atoms. The summed E-state index contributed by atoms with van der Waals surface area (Å²) in [6.45, 7) is 2.06. The van der Waals surface area contributed by atoms with Gasteiger partial charge in [-0.15, -0.1) is 0 Å². The number of aryl methyl sites for hydroxylation is 1. The van der Waals surface area contributed by atoms with E-state index in [-0.39, 0.29) is 5.91 Å². The third-order valence-corrected chi connectivity index (χ3v) is 5.90. The van der Waals surface area contributed by atoms with E-state index in [1.807, 2.05) is 48.5 Å². The standard InChI is InChI=1S/C29H22ClN3O2/c1-20-7-17-27(21-5-3-2-4-6-21)33(20)25-14-10-23(11-15-25)29(34)32-31-19-26-16-18-28(35-26)22-8-12-24(30)13-9-22/h2-19H,1H3,(H,32,34)/b31-19+. The maximum Gasteiger partial charge on any atom is 0.271 e. The molecule has 0 unspecified atom stereocenters. The second kappa shape index (κ2) is 9.87. The number of rotatable bonds is 6. The van der Waals surface area contributed by atoms with Gasteiger partial charge in [-0.05, 0) is 85.3 Å². The molecule has 2 heterocycles. The molecular formula is C29H22ClN3O2. The molecule has 35 heavy (non-hydrogen) atoms. The van der Waals surface area contributed by atoms with Crippen LogP contribution in [0.5, 0.6) is 0 Å². The van der Waals surface area contributed by atoms with Crippen molar-refractivity contribution in [2.24, 2.45) is 5.10 Å². The minimum Gasteiger partial charge on any atom is -0.455 e. The molecule has 0 saturated heterocycles. The van der Waals surface area contributed by atoms with Crippen molar-refractivity contribution in [1.82, 2.24) is 9.99 Å². The average Bonchev–Trinajstić information content (AvgIpc) is 3.52. The van der Waals surface area contributed by atoms with Crippen LogP contribution in [0, 0.1) is 6.92 Å². The van der Waals surface area contributed by atoms with Crippen molar-refractivity contribution in [1.29, 1.82) is 0 Å². The van der Waals surface area contributed by atoms with E-state index >= 15 is 0 Å². The summed E-state index contributed by atoms with van der Waals surface area (Å²) in [6.07, 6.45) is 1.47. The van der Waals surface area contributed by atoms with Crippen LogP contribution in [0.15, 0.2) is 113 Å². The van der Waals surface area contributed by atoms with Crippen LogP contribution in [0.4, 0.5) is 0 Å². The highest BCUT2D eigenvalue weighted by molar-refractivity contribution is 6.30. The molecule has 0 aliphatic heterocycles. The van der Waals surface area contributed by atoms with E-state index in [2.05, 4.69) is 46.3 Å². The zero-order chi connectivity index (χ0) is 24.2. The average molecular weight is 480 g/mol. The monoisotopic (exact) mass is 479 g/mol. The fraction of sp³-hybridized carbons (Fsp3) is 0.0345. The normalized spacial score (nSPS) is 11.1. The van der Waals surface area contributed by atoms with E-state index in [4.69, 9.17) is 16.0 Å². The molecule has 0 saturated carbocycles. The van der Waals surface area contributed by atoms with Crippen LogP contribution in [-0.2, 0) is 0 Å². The minimum absolute atomic E-state index is 0.301. The smallest absolute Gasteiger partial charge is 0.271 e. The second-order valence-corrected chi connectivity index (χ2v) is 8.45. The van der Waals surface area contributed by atoms with Crippen molar-refractivity contribution in [2.45, 2.75) is 6.92 Å². The molecule has 0 atom stereocenters. The molecule has 0 bridgehead atoms. The summed E-state index contributed by atoms with van der Waals surface area (Å²) < 4.78 is 7.94. The quantitative estimate of drug-likeness (QED) is 0.208. The Balaban J connectivity index is 1.26.